The van der Waals surface area contributed by atoms with Crippen molar-refractivity contribution in [2.24, 2.45) is 5.73 Å². The summed E-state index contributed by atoms with van der Waals surface area (Å²) in [6, 6.07) is 4.36. The minimum atomic E-state index is -0.761. The molecule has 1 aliphatic rings. The molecule has 0 saturated heterocycles. The highest BCUT2D eigenvalue weighted by Gasteiger charge is 2.27. The van der Waals surface area contributed by atoms with E-state index >= 15 is 0 Å². The van der Waals surface area contributed by atoms with Crippen LogP contribution >= 0.6 is 11.6 Å². The molecule has 5 heteroatoms. The predicted molar refractivity (Wildman–Crippen MR) is 56.8 cm³/mol. The molecular formula is C10H9ClN2O2. The lowest BCUT2D eigenvalue weighted by molar-refractivity contribution is -0.118. The predicted octanol–water partition coefficient (Wildman–Crippen LogP) is 1.70. The van der Waals surface area contributed by atoms with Gasteiger partial charge in [-0.05, 0) is 24.1 Å². The molecule has 0 saturated carbocycles. The molecule has 3 amide bonds. The number of fused-ring (bicyclic) bond motifs is 1. The number of halogens is 1. The summed E-state index contributed by atoms with van der Waals surface area (Å²) >= 11 is 5.80. The highest BCUT2D eigenvalue weighted by atomic mass is 35.5. The second-order valence-corrected chi connectivity index (χ2v) is 3.78. The summed E-state index contributed by atoms with van der Waals surface area (Å²) in [5.41, 5.74) is 6.57. The standard InChI is InChI=1S/C10H9ClN2O2/c11-7-3-1-6-2-4-9(14)13(10(12)15)8(6)5-7/h1,3,5H,2,4H2,(H2,12,15). The van der Waals surface area contributed by atoms with Crippen LogP contribution in [0.5, 0.6) is 0 Å². The zero-order chi connectivity index (χ0) is 11.0. The van der Waals surface area contributed by atoms with Crippen LogP contribution in [0.2, 0.25) is 5.02 Å². The van der Waals surface area contributed by atoms with Gasteiger partial charge in [-0.1, -0.05) is 17.7 Å². The number of nitrogens with zero attached hydrogens (tertiary/aromatic N) is 1. The Morgan fingerprint density at radius 3 is 2.80 bits per heavy atom. The van der Waals surface area contributed by atoms with Gasteiger partial charge in [0.25, 0.3) is 0 Å². The van der Waals surface area contributed by atoms with Gasteiger partial charge in [0.05, 0.1) is 5.69 Å². The van der Waals surface area contributed by atoms with Crippen LogP contribution in [0.4, 0.5) is 10.5 Å². The van der Waals surface area contributed by atoms with Crippen molar-refractivity contribution < 1.29 is 9.59 Å². The van der Waals surface area contributed by atoms with Crippen LogP contribution in [-0.2, 0) is 11.2 Å². The number of carbonyl (C=O) groups is 2. The Labute approximate surface area is 91.6 Å². The van der Waals surface area contributed by atoms with Crippen molar-refractivity contribution in [2.45, 2.75) is 12.8 Å². The summed E-state index contributed by atoms with van der Waals surface area (Å²) in [6.07, 6.45) is 0.923. The first-order valence-electron chi connectivity index (χ1n) is 4.50. The van der Waals surface area contributed by atoms with Gasteiger partial charge >= 0.3 is 6.03 Å². The van der Waals surface area contributed by atoms with Crippen LogP contribution in [0, 0.1) is 0 Å². The van der Waals surface area contributed by atoms with Gasteiger partial charge in [0.15, 0.2) is 0 Å². The molecule has 0 atom stereocenters. The van der Waals surface area contributed by atoms with Crippen molar-refractivity contribution in [3.63, 3.8) is 0 Å². The minimum absolute atomic E-state index is 0.280. The number of carbonyl (C=O) groups excluding carboxylic acids is 2. The average molecular weight is 225 g/mol. The topological polar surface area (TPSA) is 63.4 Å². The fourth-order valence-corrected chi connectivity index (χ4v) is 1.85. The van der Waals surface area contributed by atoms with Crippen molar-refractivity contribution in [1.82, 2.24) is 0 Å². The minimum Gasteiger partial charge on any atom is -0.351 e. The van der Waals surface area contributed by atoms with Gasteiger partial charge in [-0.2, -0.15) is 0 Å². The molecule has 1 aromatic rings. The normalized spacial score (nSPS) is 15.0. The van der Waals surface area contributed by atoms with Gasteiger partial charge in [0, 0.05) is 11.4 Å². The molecule has 2 rings (SSSR count). The highest BCUT2D eigenvalue weighted by molar-refractivity contribution is 6.31. The SMILES string of the molecule is NC(=O)N1C(=O)CCc2ccc(Cl)cc21. The zero-order valence-corrected chi connectivity index (χ0v) is 8.62. The van der Waals surface area contributed by atoms with Gasteiger partial charge < -0.3 is 5.73 Å². The van der Waals surface area contributed by atoms with E-state index in [1.165, 1.54) is 0 Å². The van der Waals surface area contributed by atoms with Crippen LogP contribution < -0.4 is 10.6 Å². The van der Waals surface area contributed by atoms with E-state index in [0.29, 0.717) is 23.6 Å². The van der Waals surface area contributed by atoms with Crippen molar-refractivity contribution >= 4 is 29.2 Å². The quantitative estimate of drug-likeness (QED) is 0.729. The number of benzene rings is 1. The number of imide groups is 1. The third kappa shape index (κ3) is 1.68. The number of urea groups is 1. The number of hydrogen-bond donors (Lipinski definition) is 1. The van der Waals surface area contributed by atoms with E-state index in [4.69, 9.17) is 17.3 Å². The number of aryl methyl sites for hydroxylation is 1. The van der Waals surface area contributed by atoms with E-state index in [0.717, 1.165) is 10.5 Å². The molecule has 0 bridgehead atoms. The molecule has 2 N–H and O–H groups in total. The van der Waals surface area contributed by atoms with E-state index in [1.807, 2.05) is 0 Å². The van der Waals surface area contributed by atoms with Crippen molar-refractivity contribution in [3.05, 3.63) is 28.8 Å². The lowest BCUT2D eigenvalue weighted by Crippen LogP contribution is -2.43. The molecule has 4 nitrogen and oxygen atoms in total. The first kappa shape index (κ1) is 9.98. The first-order chi connectivity index (χ1) is 7.09. The number of primary amides is 1. The van der Waals surface area contributed by atoms with Gasteiger partial charge in [-0.25, -0.2) is 9.69 Å². The maximum Gasteiger partial charge on any atom is 0.326 e. The van der Waals surface area contributed by atoms with Crippen molar-refractivity contribution in [1.29, 1.82) is 0 Å². The number of nitrogens with two attached hydrogens (primary N) is 1. The number of anilines is 1. The highest BCUT2D eigenvalue weighted by Crippen LogP contribution is 2.30. The molecule has 0 aliphatic carbocycles. The number of rotatable bonds is 0. The van der Waals surface area contributed by atoms with E-state index < -0.39 is 6.03 Å². The van der Waals surface area contributed by atoms with Crippen molar-refractivity contribution in [2.75, 3.05) is 4.90 Å². The molecule has 0 unspecified atom stereocenters. The fourth-order valence-electron chi connectivity index (χ4n) is 1.69. The average Bonchev–Trinajstić information content (AvgIpc) is 2.16. The maximum atomic E-state index is 11.5. The van der Waals surface area contributed by atoms with Crippen LogP contribution in [0.3, 0.4) is 0 Å². The first-order valence-corrected chi connectivity index (χ1v) is 4.88. The molecule has 1 aromatic carbocycles. The lowest BCUT2D eigenvalue weighted by Gasteiger charge is -2.26. The van der Waals surface area contributed by atoms with Crippen LogP contribution in [-0.4, -0.2) is 11.9 Å². The van der Waals surface area contributed by atoms with Gasteiger partial charge in [-0.15, -0.1) is 0 Å². The third-order valence-corrected chi connectivity index (χ3v) is 2.60. The molecule has 0 radical (unpaired) electrons. The molecule has 0 spiro atoms. The summed E-state index contributed by atoms with van der Waals surface area (Å²) in [6.45, 7) is 0. The monoisotopic (exact) mass is 224 g/mol. The molecule has 15 heavy (non-hydrogen) atoms. The Bertz CT molecular complexity index is 445. The lowest BCUT2D eigenvalue weighted by atomic mass is 10.0. The van der Waals surface area contributed by atoms with Crippen LogP contribution in [0.1, 0.15) is 12.0 Å². The molecule has 1 heterocycles. The van der Waals surface area contributed by atoms with Crippen molar-refractivity contribution in [3.8, 4) is 0 Å². The molecule has 1 aliphatic heterocycles. The summed E-state index contributed by atoms with van der Waals surface area (Å²) in [5.74, 6) is -0.280. The van der Waals surface area contributed by atoms with E-state index in [1.54, 1.807) is 18.2 Å². The Morgan fingerprint density at radius 2 is 2.13 bits per heavy atom. The fraction of sp³-hybridized carbons (Fsp3) is 0.200. The summed E-state index contributed by atoms with van der Waals surface area (Å²) in [7, 11) is 0. The smallest absolute Gasteiger partial charge is 0.326 e. The van der Waals surface area contributed by atoms with Crippen LogP contribution in [0.15, 0.2) is 18.2 Å². The van der Waals surface area contributed by atoms with Gasteiger partial charge in [0.2, 0.25) is 5.91 Å². The molecule has 78 valence electrons. The Morgan fingerprint density at radius 1 is 1.40 bits per heavy atom. The Kier molecular flexibility index (Phi) is 2.36. The Hall–Kier alpha value is -1.55. The second-order valence-electron chi connectivity index (χ2n) is 3.34. The van der Waals surface area contributed by atoms with Gasteiger partial charge in [-0.3, -0.25) is 4.79 Å². The Balaban J connectivity index is 2.55. The van der Waals surface area contributed by atoms with E-state index in [-0.39, 0.29) is 5.91 Å². The number of hydrogen-bond acceptors (Lipinski definition) is 2. The summed E-state index contributed by atoms with van der Waals surface area (Å²) in [4.78, 5) is 23.6. The summed E-state index contributed by atoms with van der Waals surface area (Å²) < 4.78 is 0. The summed E-state index contributed by atoms with van der Waals surface area (Å²) in [5, 5.41) is 0.481. The molecular weight excluding hydrogens is 216 g/mol. The van der Waals surface area contributed by atoms with E-state index in [9.17, 15) is 9.59 Å². The molecule has 0 fully saturated rings. The maximum absolute atomic E-state index is 11.5. The second kappa shape index (κ2) is 3.55. The molecule has 0 aromatic heterocycles. The van der Waals surface area contributed by atoms with Gasteiger partial charge in [0.1, 0.15) is 0 Å². The third-order valence-electron chi connectivity index (χ3n) is 2.37. The number of amides is 3. The zero-order valence-electron chi connectivity index (χ0n) is 7.87. The largest absolute Gasteiger partial charge is 0.351 e. The van der Waals surface area contributed by atoms with Crippen LogP contribution in [0.25, 0.3) is 0 Å². The van der Waals surface area contributed by atoms with E-state index in [2.05, 4.69) is 0 Å².